The number of hydrogen-bond acceptors (Lipinski definition) is 6. The molecular weight excluding hydrogens is 298 g/mol. The van der Waals surface area contributed by atoms with E-state index in [0.717, 1.165) is 5.56 Å². The second-order valence-corrected chi connectivity index (χ2v) is 5.41. The third-order valence-corrected chi connectivity index (χ3v) is 3.63. The van der Waals surface area contributed by atoms with Crippen molar-refractivity contribution in [2.45, 2.75) is 32.0 Å². The molecule has 0 aliphatic heterocycles. The summed E-state index contributed by atoms with van der Waals surface area (Å²) in [5.74, 6) is 0.535. The first-order valence-corrected chi connectivity index (χ1v) is 7.41. The Balaban J connectivity index is 1.92. The van der Waals surface area contributed by atoms with Gasteiger partial charge in [0.2, 0.25) is 0 Å². The Morgan fingerprint density at radius 1 is 1.39 bits per heavy atom. The van der Waals surface area contributed by atoms with Gasteiger partial charge in [0, 0.05) is 25.7 Å². The van der Waals surface area contributed by atoms with E-state index in [1.54, 1.807) is 31.3 Å². The van der Waals surface area contributed by atoms with Gasteiger partial charge in [-0.05, 0) is 37.1 Å². The Kier molecular flexibility index (Phi) is 5.72. The summed E-state index contributed by atoms with van der Waals surface area (Å²) in [5, 5.41) is 27.1. The lowest BCUT2D eigenvalue weighted by atomic mass is 10.1. The molecule has 0 spiro atoms. The van der Waals surface area contributed by atoms with Crippen LogP contribution in [0.1, 0.15) is 30.8 Å². The van der Waals surface area contributed by atoms with Crippen molar-refractivity contribution >= 4 is 11.4 Å². The molecule has 7 nitrogen and oxygen atoms in total. The van der Waals surface area contributed by atoms with Crippen molar-refractivity contribution in [3.8, 4) is 0 Å². The number of nitro groups is 1. The fraction of sp³-hybridized carbons (Fsp3) is 0.375. The average molecular weight is 319 g/mol. The highest BCUT2D eigenvalue weighted by Crippen LogP contribution is 2.25. The SMILES string of the molecule is CNc1ccc(CNC(C)CC(O)c2ccco2)cc1[N+](=O)[O-]. The van der Waals surface area contributed by atoms with Gasteiger partial charge in [-0.15, -0.1) is 0 Å². The highest BCUT2D eigenvalue weighted by Gasteiger charge is 2.16. The molecule has 0 fully saturated rings. The lowest BCUT2D eigenvalue weighted by Gasteiger charge is -2.17. The Bertz CT molecular complexity index is 643. The largest absolute Gasteiger partial charge is 0.467 e. The molecule has 3 N–H and O–H groups in total. The van der Waals surface area contributed by atoms with E-state index in [0.29, 0.717) is 24.4 Å². The number of anilines is 1. The number of furan rings is 1. The zero-order valence-corrected chi connectivity index (χ0v) is 13.2. The number of aliphatic hydroxyl groups excluding tert-OH is 1. The summed E-state index contributed by atoms with van der Waals surface area (Å²) in [5.41, 5.74) is 1.35. The predicted octanol–water partition coefficient (Wildman–Crippen LogP) is 2.83. The lowest BCUT2D eigenvalue weighted by molar-refractivity contribution is -0.384. The Labute approximate surface area is 134 Å². The number of nitrogens with one attached hydrogen (secondary N) is 2. The zero-order chi connectivity index (χ0) is 16.8. The molecule has 2 unspecified atom stereocenters. The van der Waals surface area contributed by atoms with Gasteiger partial charge < -0.3 is 20.2 Å². The van der Waals surface area contributed by atoms with E-state index in [2.05, 4.69) is 10.6 Å². The minimum absolute atomic E-state index is 0.0260. The minimum Gasteiger partial charge on any atom is -0.467 e. The van der Waals surface area contributed by atoms with Crippen molar-refractivity contribution in [3.05, 3.63) is 58.0 Å². The first-order chi connectivity index (χ1) is 11.0. The third kappa shape index (κ3) is 4.54. The van der Waals surface area contributed by atoms with E-state index in [1.807, 2.05) is 13.0 Å². The maximum absolute atomic E-state index is 11.0. The van der Waals surface area contributed by atoms with Gasteiger partial charge in [-0.25, -0.2) is 0 Å². The smallest absolute Gasteiger partial charge is 0.292 e. The molecule has 0 saturated carbocycles. The fourth-order valence-corrected chi connectivity index (χ4v) is 2.36. The van der Waals surface area contributed by atoms with Crippen LogP contribution in [-0.2, 0) is 6.54 Å². The lowest BCUT2D eigenvalue weighted by Crippen LogP contribution is -2.27. The summed E-state index contributed by atoms with van der Waals surface area (Å²) in [4.78, 5) is 10.6. The van der Waals surface area contributed by atoms with Crippen molar-refractivity contribution in [1.29, 1.82) is 0 Å². The quantitative estimate of drug-likeness (QED) is 0.511. The molecule has 0 aliphatic carbocycles. The van der Waals surface area contributed by atoms with Gasteiger partial charge in [0.1, 0.15) is 17.6 Å². The maximum atomic E-state index is 11.0. The van der Waals surface area contributed by atoms with E-state index in [9.17, 15) is 15.2 Å². The number of hydrogen-bond donors (Lipinski definition) is 3. The molecule has 1 aromatic heterocycles. The summed E-state index contributed by atoms with van der Waals surface area (Å²) in [6, 6.07) is 8.57. The monoisotopic (exact) mass is 319 g/mol. The topological polar surface area (TPSA) is 101 Å². The van der Waals surface area contributed by atoms with Crippen LogP contribution in [0.5, 0.6) is 0 Å². The number of rotatable bonds is 8. The molecule has 0 aliphatic rings. The molecule has 2 rings (SSSR count). The van der Waals surface area contributed by atoms with Crippen LogP contribution in [-0.4, -0.2) is 23.1 Å². The van der Waals surface area contributed by atoms with Gasteiger partial charge in [-0.3, -0.25) is 10.1 Å². The van der Waals surface area contributed by atoms with Crippen molar-refractivity contribution in [3.63, 3.8) is 0 Å². The number of nitro benzene ring substituents is 1. The number of aliphatic hydroxyl groups is 1. The van der Waals surface area contributed by atoms with Crippen LogP contribution in [0, 0.1) is 10.1 Å². The standard InChI is InChI=1S/C16H21N3O4/c1-11(8-15(20)16-4-3-7-23-16)18-10-12-5-6-13(17-2)14(9-12)19(21)22/h3-7,9,11,15,17-18,20H,8,10H2,1-2H3. The molecule has 124 valence electrons. The molecule has 1 heterocycles. The molecule has 2 atom stereocenters. The Morgan fingerprint density at radius 3 is 2.78 bits per heavy atom. The molecule has 0 radical (unpaired) electrons. The average Bonchev–Trinajstić information content (AvgIpc) is 3.07. The highest BCUT2D eigenvalue weighted by atomic mass is 16.6. The maximum Gasteiger partial charge on any atom is 0.292 e. The van der Waals surface area contributed by atoms with Crippen LogP contribution in [0.25, 0.3) is 0 Å². The molecule has 1 aromatic carbocycles. The molecule has 0 bridgehead atoms. The number of nitrogens with zero attached hydrogens (tertiary/aromatic N) is 1. The third-order valence-electron chi connectivity index (χ3n) is 3.63. The molecule has 7 heteroatoms. The summed E-state index contributed by atoms with van der Waals surface area (Å²) in [6.45, 7) is 2.43. The zero-order valence-electron chi connectivity index (χ0n) is 13.2. The van der Waals surface area contributed by atoms with E-state index in [4.69, 9.17) is 4.42 Å². The van der Waals surface area contributed by atoms with Crippen LogP contribution in [0.4, 0.5) is 11.4 Å². The second kappa shape index (κ2) is 7.75. The van der Waals surface area contributed by atoms with Gasteiger partial charge in [-0.2, -0.15) is 0 Å². The van der Waals surface area contributed by atoms with Crippen LogP contribution < -0.4 is 10.6 Å². The van der Waals surface area contributed by atoms with Gasteiger partial charge in [0.15, 0.2) is 0 Å². The van der Waals surface area contributed by atoms with Crippen LogP contribution in [0.2, 0.25) is 0 Å². The molecule has 2 aromatic rings. The first kappa shape index (κ1) is 17.0. The van der Waals surface area contributed by atoms with E-state index >= 15 is 0 Å². The molecule has 0 amide bonds. The second-order valence-electron chi connectivity index (χ2n) is 5.41. The first-order valence-electron chi connectivity index (χ1n) is 7.41. The normalized spacial score (nSPS) is 13.5. The Hall–Kier alpha value is -2.38. The molecule has 0 saturated heterocycles. The highest BCUT2D eigenvalue weighted by molar-refractivity contribution is 5.62. The van der Waals surface area contributed by atoms with E-state index < -0.39 is 11.0 Å². The van der Waals surface area contributed by atoms with Crippen LogP contribution >= 0.6 is 0 Å². The summed E-state index contributed by atoms with van der Waals surface area (Å²) in [7, 11) is 1.65. The summed E-state index contributed by atoms with van der Waals surface area (Å²) < 4.78 is 5.17. The molecular formula is C16H21N3O4. The van der Waals surface area contributed by atoms with E-state index in [1.165, 1.54) is 6.26 Å². The van der Waals surface area contributed by atoms with Crippen LogP contribution in [0.15, 0.2) is 41.0 Å². The van der Waals surface area contributed by atoms with E-state index in [-0.39, 0.29) is 11.7 Å². The van der Waals surface area contributed by atoms with Crippen molar-refractivity contribution in [2.24, 2.45) is 0 Å². The summed E-state index contributed by atoms with van der Waals surface area (Å²) >= 11 is 0. The van der Waals surface area contributed by atoms with Crippen molar-refractivity contribution < 1.29 is 14.4 Å². The Morgan fingerprint density at radius 2 is 2.17 bits per heavy atom. The number of benzene rings is 1. The molecule has 23 heavy (non-hydrogen) atoms. The van der Waals surface area contributed by atoms with Gasteiger partial charge in [0.25, 0.3) is 5.69 Å². The minimum atomic E-state index is -0.673. The fourth-order valence-electron chi connectivity index (χ4n) is 2.36. The van der Waals surface area contributed by atoms with Gasteiger partial charge >= 0.3 is 0 Å². The predicted molar refractivity (Wildman–Crippen MR) is 87.2 cm³/mol. The summed E-state index contributed by atoms with van der Waals surface area (Å²) in [6.07, 6.45) is 1.34. The van der Waals surface area contributed by atoms with Crippen molar-refractivity contribution in [1.82, 2.24) is 5.32 Å². The van der Waals surface area contributed by atoms with Crippen molar-refractivity contribution in [2.75, 3.05) is 12.4 Å². The van der Waals surface area contributed by atoms with Crippen LogP contribution in [0.3, 0.4) is 0 Å². The van der Waals surface area contributed by atoms with Gasteiger partial charge in [0.05, 0.1) is 11.2 Å². The van der Waals surface area contributed by atoms with Gasteiger partial charge in [-0.1, -0.05) is 6.07 Å².